The second kappa shape index (κ2) is 8.41. The maximum Gasteiger partial charge on any atom is 0.416 e. The van der Waals surface area contributed by atoms with Crippen molar-refractivity contribution in [1.29, 1.82) is 0 Å². The first-order chi connectivity index (χ1) is 14.3. The zero-order chi connectivity index (χ0) is 23.0. The molecule has 10 heteroatoms. The van der Waals surface area contributed by atoms with Crippen LogP contribution in [0.25, 0.3) is 0 Å². The fourth-order valence-corrected chi connectivity index (χ4v) is 4.18. The van der Waals surface area contributed by atoms with Crippen LogP contribution in [0.4, 0.5) is 22.8 Å². The molecule has 172 valence electrons. The molecule has 0 saturated carbocycles. The Morgan fingerprint density at radius 3 is 2.26 bits per heavy atom. The molecule has 0 unspecified atom stereocenters. The molecule has 1 spiro atoms. The number of nitrogens with zero attached hydrogens (tertiary/aromatic N) is 2. The van der Waals surface area contributed by atoms with Crippen LogP contribution in [0.1, 0.15) is 44.7 Å². The van der Waals surface area contributed by atoms with Gasteiger partial charge in [0.2, 0.25) is 0 Å². The molecular formula is C21H27ClF3N3O3. The molecule has 0 atom stereocenters. The van der Waals surface area contributed by atoms with Gasteiger partial charge in [0, 0.05) is 43.2 Å². The van der Waals surface area contributed by atoms with Gasteiger partial charge in [-0.3, -0.25) is 0 Å². The molecule has 0 aromatic heterocycles. The number of amides is 3. The lowest BCUT2D eigenvalue weighted by Crippen LogP contribution is -2.64. The van der Waals surface area contributed by atoms with Crippen LogP contribution < -0.4 is 5.32 Å². The predicted octanol–water partition coefficient (Wildman–Crippen LogP) is 4.90. The Kier molecular flexibility index (Phi) is 6.37. The fraction of sp³-hybridized carbons (Fsp3) is 0.619. The van der Waals surface area contributed by atoms with E-state index in [-0.39, 0.29) is 34.7 Å². The summed E-state index contributed by atoms with van der Waals surface area (Å²) in [5.74, 6) is 0. The molecule has 3 amide bonds. The first kappa shape index (κ1) is 23.5. The van der Waals surface area contributed by atoms with E-state index >= 15 is 0 Å². The second-order valence-corrected chi connectivity index (χ2v) is 9.76. The van der Waals surface area contributed by atoms with Gasteiger partial charge in [0.15, 0.2) is 0 Å². The van der Waals surface area contributed by atoms with Gasteiger partial charge in [-0.05, 0) is 57.4 Å². The minimum Gasteiger partial charge on any atom is -0.444 e. The van der Waals surface area contributed by atoms with Crippen molar-refractivity contribution in [2.24, 2.45) is 5.41 Å². The molecule has 2 fully saturated rings. The molecule has 0 aliphatic carbocycles. The minimum atomic E-state index is -4.50. The number of carbonyl (C=O) groups is 2. The van der Waals surface area contributed by atoms with Gasteiger partial charge in [0.25, 0.3) is 0 Å². The summed E-state index contributed by atoms with van der Waals surface area (Å²) in [6.45, 7) is 7.71. The zero-order valence-corrected chi connectivity index (χ0v) is 18.6. The van der Waals surface area contributed by atoms with Crippen LogP contribution in [0.15, 0.2) is 18.2 Å². The topological polar surface area (TPSA) is 61.9 Å². The van der Waals surface area contributed by atoms with Crippen molar-refractivity contribution in [2.45, 2.75) is 51.9 Å². The van der Waals surface area contributed by atoms with E-state index in [9.17, 15) is 22.8 Å². The average Bonchev–Trinajstić information content (AvgIpc) is 2.61. The van der Waals surface area contributed by atoms with E-state index in [0.717, 1.165) is 25.0 Å². The highest BCUT2D eigenvalue weighted by Gasteiger charge is 2.47. The molecule has 31 heavy (non-hydrogen) atoms. The van der Waals surface area contributed by atoms with Crippen LogP contribution >= 0.6 is 11.6 Å². The van der Waals surface area contributed by atoms with Gasteiger partial charge in [-0.1, -0.05) is 11.6 Å². The van der Waals surface area contributed by atoms with Crippen molar-refractivity contribution < 1.29 is 27.5 Å². The Morgan fingerprint density at radius 2 is 1.71 bits per heavy atom. The predicted molar refractivity (Wildman–Crippen MR) is 110 cm³/mol. The number of nitrogens with one attached hydrogen (secondary N) is 1. The Labute approximate surface area is 184 Å². The number of ether oxygens (including phenoxy) is 1. The minimum absolute atomic E-state index is 0.0185. The molecule has 2 heterocycles. The maximum atomic E-state index is 12.9. The first-order valence-corrected chi connectivity index (χ1v) is 10.5. The number of rotatable bonds is 2. The largest absolute Gasteiger partial charge is 0.444 e. The highest BCUT2D eigenvalue weighted by atomic mass is 35.5. The van der Waals surface area contributed by atoms with Crippen molar-refractivity contribution in [1.82, 2.24) is 15.1 Å². The SMILES string of the molecule is CC(C)(C)OC(=O)N1CCC2(CC1)CN(C(=O)NCc1cc(Cl)cc(C(F)(F)F)c1)C2. The lowest BCUT2D eigenvalue weighted by atomic mass is 9.72. The summed E-state index contributed by atoms with van der Waals surface area (Å²) in [6.07, 6.45) is -3.27. The van der Waals surface area contributed by atoms with E-state index in [2.05, 4.69) is 5.32 Å². The first-order valence-electron chi connectivity index (χ1n) is 10.1. The summed E-state index contributed by atoms with van der Waals surface area (Å²) >= 11 is 5.78. The molecule has 0 radical (unpaired) electrons. The van der Waals surface area contributed by atoms with Crippen LogP contribution in [0.5, 0.6) is 0 Å². The highest BCUT2D eigenvalue weighted by Crippen LogP contribution is 2.40. The summed E-state index contributed by atoms with van der Waals surface area (Å²) < 4.78 is 44.1. The number of carbonyl (C=O) groups excluding carboxylic acids is 2. The van der Waals surface area contributed by atoms with Crippen molar-refractivity contribution >= 4 is 23.7 Å². The third kappa shape index (κ3) is 5.96. The summed E-state index contributed by atoms with van der Waals surface area (Å²) in [6, 6.07) is 2.92. The number of likely N-dealkylation sites (tertiary alicyclic amines) is 2. The Morgan fingerprint density at radius 1 is 1.10 bits per heavy atom. The molecule has 0 bridgehead atoms. The van der Waals surface area contributed by atoms with E-state index in [4.69, 9.17) is 16.3 Å². The molecule has 2 aliphatic rings. The molecule has 3 rings (SSSR count). The summed E-state index contributed by atoms with van der Waals surface area (Å²) in [4.78, 5) is 27.9. The number of benzene rings is 1. The van der Waals surface area contributed by atoms with E-state index < -0.39 is 17.3 Å². The van der Waals surface area contributed by atoms with Gasteiger partial charge in [-0.15, -0.1) is 0 Å². The summed E-state index contributed by atoms with van der Waals surface area (Å²) in [5.41, 5.74) is -1.12. The zero-order valence-electron chi connectivity index (χ0n) is 17.8. The number of halogens is 4. The van der Waals surface area contributed by atoms with Crippen LogP contribution in [-0.4, -0.2) is 53.7 Å². The number of hydrogen-bond acceptors (Lipinski definition) is 3. The van der Waals surface area contributed by atoms with E-state index in [1.54, 1.807) is 9.80 Å². The van der Waals surface area contributed by atoms with Crippen molar-refractivity contribution in [3.63, 3.8) is 0 Å². The van der Waals surface area contributed by atoms with Gasteiger partial charge in [0.05, 0.1) is 5.56 Å². The Bertz CT molecular complexity index is 838. The molecule has 1 N–H and O–H groups in total. The normalized spacial score (nSPS) is 18.5. The van der Waals surface area contributed by atoms with Gasteiger partial charge >= 0.3 is 18.3 Å². The van der Waals surface area contributed by atoms with Crippen molar-refractivity contribution in [3.05, 3.63) is 34.3 Å². The lowest BCUT2D eigenvalue weighted by Gasteiger charge is -2.53. The number of piperidine rings is 1. The highest BCUT2D eigenvalue weighted by molar-refractivity contribution is 6.30. The van der Waals surface area contributed by atoms with Gasteiger partial charge in [-0.25, -0.2) is 9.59 Å². The Hall–Kier alpha value is -2.16. The fourth-order valence-electron chi connectivity index (χ4n) is 3.92. The van der Waals surface area contributed by atoms with E-state index in [0.29, 0.717) is 26.2 Å². The van der Waals surface area contributed by atoms with E-state index in [1.807, 2.05) is 20.8 Å². The third-order valence-corrected chi connectivity index (χ3v) is 5.76. The summed E-state index contributed by atoms with van der Waals surface area (Å²) in [5, 5.41) is 2.63. The average molecular weight is 462 g/mol. The van der Waals surface area contributed by atoms with Crippen LogP contribution in [0.2, 0.25) is 5.02 Å². The van der Waals surface area contributed by atoms with Crippen LogP contribution in [0.3, 0.4) is 0 Å². The third-order valence-electron chi connectivity index (χ3n) is 5.54. The summed E-state index contributed by atoms with van der Waals surface area (Å²) in [7, 11) is 0. The quantitative estimate of drug-likeness (QED) is 0.681. The van der Waals surface area contributed by atoms with Gasteiger partial charge in [-0.2, -0.15) is 13.2 Å². The van der Waals surface area contributed by atoms with E-state index in [1.165, 1.54) is 6.07 Å². The lowest BCUT2D eigenvalue weighted by molar-refractivity contribution is -0.137. The molecule has 6 nitrogen and oxygen atoms in total. The monoisotopic (exact) mass is 461 g/mol. The molecule has 1 aromatic carbocycles. The standard InChI is InChI=1S/C21H27ClF3N3O3/c1-19(2,3)31-18(30)27-6-4-20(5-7-27)12-28(13-20)17(29)26-11-14-8-15(21(23,24)25)10-16(22)9-14/h8-10H,4-7,11-13H2,1-3H3,(H,26,29). The van der Waals surface area contributed by atoms with Gasteiger partial charge < -0.3 is 19.9 Å². The molecule has 2 saturated heterocycles. The van der Waals surface area contributed by atoms with Crippen LogP contribution in [0, 0.1) is 5.41 Å². The second-order valence-electron chi connectivity index (χ2n) is 9.33. The maximum absolute atomic E-state index is 12.9. The smallest absolute Gasteiger partial charge is 0.416 e. The van der Waals surface area contributed by atoms with Crippen molar-refractivity contribution in [3.8, 4) is 0 Å². The van der Waals surface area contributed by atoms with Gasteiger partial charge in [0.1, 0.15) is 5.60 Å². The molecule has 2 aliphatic heterocycles. The van der Waals surface area contributed by atoms with Crippen molar-refractivity contribution in [2.75, 3.05) is 26.2 Å². The Balaban J connectivity index is 1.46. The molecular weight excluding hydrogens is 435 g/mol. The van der Waals surface area contributed by atoms with Crippen LogP contribution in [-0.2, 0) is 17.5 Å². The number of alkyl halides is 3. The molecule has 1 aromatic rings. The number of hydrogen-bond donors (Lipinski definition) is 1. The number of urea groups is 1.